The van der Waals surface area contributed by atoms with Gasteiger partial charge in [-0.2, -0.15) is 0 Å². The van der Waals surface area contributed by atoms with Crippen LogP contribution >= 0.6 is 0 Å². The predicted molar refractivity (Wildman–Crippen MR) is 68.5 cm³/mol. The van der Waals surface area contributed by atoms with Gasteiger partial charge >= 0.3 is 11.3 Å². The summed E-state index contributed by atoms with van der Waals surface area (Å²) in [5.41, 5.74) is -1.41. The number of H-pyrrole nitrogens is 2. The fraction of sp³-hybridized carbons (Fsp3) is 0.417. The van der Waals surface area contributed by atoms with Gasteiger partial charge in [-0.3, -0.25) is 14.8 Å². The Morgan fingerprint density at radius 2 is 2.05 bits per heavy atom. The van der Waals surface area contributed by atoms with Crippen LogP contribution in [0.3, 0.4) is 0 Å². The van der Waals surface area contributed by atoms with E-state index in [2.05, 4.69) is 9.97 Å². The third kappa shape index (κ3) is 3.00. The third-order valence-electron chi connectivity index (χ3n) is 2.66. The highest BCUT2D eigenvalue weighted by Crippen LogP contribution is 2.10. The molecule has 2 N–H and O–H groups in total. The summed E-state index contributed by atoms with van der Waals surface area (Å²) in [7, 11) is 0. The number of ether oxygens (including phenoxy) is 1. The van der Waals surface area contributed by atoms with Crippen LogP contribution in [0, 0.1) is 0 Å². The number of aryl methyl sites for hydroxylation is 1. The fourth-order valence-electron chi connectivity index (χ4n) is 1.88. The largest absolute Gasteiger partial charge is 0.405 e. The molecular weight excluding hydrogens is 252 g/mol. The minimum atomic E-state index is -0.702. The number of aromatic nitrogens is 2. The second-order valence-corrected chi connectivity index (χ2v) is 4.00. The average molecular weight is 266 g/mol. The molecule has 0 aliphatic rings. The molecule has 2 aromatic heterocycles. The van der Waals surface area contributed by atoms with Crippen molar-refractivity contribution in [2.24, 2.45) is 0 Å². The normalized spacial score (nSPS) is 11.0. The molecule has 0 aromatic carbocycles. The van der Waals surface area contributed by atoms with Gasteiger partial charge < -0.3 is 9.15 Å². The lowest BCUT2D eigenvalue weighted by atomic mass is 10.1. The molecule has 0 radical (unpaired) electrons. The summed E-state index contributed by atoms with van der Waals surface area (Å²) in [6.07, 6.45) is 1.17. The number of hydrogen-bond donors (Lipinski definition) is 2. The van der Waals surface area contributed by atoms with E-state index < -0.39 is 16.9 Å². The average Bonchev–Trinajstić information content (AvgIpc) is 2.33. The van der Waals surface area contributed by atoms with Crippen molar-refractivity contribution < 1.29 is 9.15 Å². The van der Waals surface area contributed by atoms with Crippen LogP contribution in [-0.2, 0) is 11.2 Å². The van der Waals surface area contributed by atoms with E-state index in [9.17, 15) is 14.4 Å². The standard InChI is InChI=1S/C12H14N2O5/c1-2-18-5-3-4-7-6-8(15)19-11-9(7)10(16)13-12(17)14-11/h6H,2-5H2,1H3,(H2,13,14,16,17). The van der Waals surface area contributed by atoms with Crippen LogP contribution in [0.1, 0.15) is 18.9 Å². The van der Waals surface area contributed by atoms with Crippen molar-refractivity contribution in [2.45, 2.75) is 19.8 Å². The highest BCUT2D eigenvalue weighted by atomic mass is 16.5. The molecule has 19 heavy (non-hydrogen) atoms. The fourth-order valence-corrected chi connectivity index (χ4v) is 1.88. The van der Waals surface area contributed by atoms with Crippen LogP contribution < -0.4 is 16.9 Å². The molecular formula is C12H14N2O5. The lowest BCUT2D eigenvalue weighted by Crippen LogP contribution is -2.24. The molecule has 2 aromatic rings. The van der Waals surface area contributed by atoms with Gasteiger partial charge in [0.05, 0.1) is 0 Å². The van der Waals surface area contributed by atoms with Crippen LogP contribution in [0.5, 0.6) is 0 Å². The highest BCUT2D eigenvalue weighted by Gasteiger charge is 2.10. The molecule has 0 saturated carbocycles. The number of hydrogen-bond acceptors (Lipinski definition) is 5. The van der Waals surface area contributed by atoms with Crippen molar-refractivity contribution in [1.29, 1.82) is 0 Å². The van der Waals surface area contributed by atoms with E-state index in [0.717, 1.165) is 0 Å². The summed E-state index contributed by atoms with van der Waals surface area (Å²) in [5, 5.41) is 0.204. The highest BCUT2D eigenvalue weighted by molar-refractivity contribution is 5.75. The van der Waals surface area contributed by atoms with Crippen molar-refractivity contribution in [2.75, 3.05) is 13.2 Å². The SMILES string of the molecule is CCOCCCc1cc(=O)oc2[nH]c(=O)[nH]c(=O)c12. The third-order valence-corrected chi connectivity index (χ3v) is 2.66. The predicted octanol–water partition coefficient (Wildman–Crippen LogP) is 0.139. The van der Waals surface area contributed by atoms with Gasteiger partial charge in [0.15, 0.2) is 0 Å². The molecule has 2 heterocycles. The molecule has 7 heteroatoms. The monoisotopic (exact) mass is 266 g/mol. The lowest BCUT2D eigenvalue weighted by Gasteiger charge is -2.04. The van der Waals surface area contributed by atoms with Gasteiger partial charge in [-0.05, 0) is 25.3 Å². The van der Waals surface area contributed by atoms with E-state index in [1.54, 1.807) is 0 Å². The molecule has 0 aliphatic heterocycles. The van der Waals surface area contributed by atoms with E-state index >= 15 is 0 Å². The van der Waals surface area contributed by atoms with Crippen LogP contribution in [0.2, 0.25) is 0 Å². The van der Waals surface area contributed by atoms with Crippen LogP contribution in [0.4, 0.5) is 0 Å². The van der Waals surface area contributed by atoms with Crippen molar-refractivity contribution >= 4 is 11.1 Å². The second kappa shape index (κ2) is 5.66. The van der Waals surface area contributed by atoms with Crippen molar-refractivity contribution in [3.8, 4) is 0 Å². The Bertz CT molecular complexity index is 735. The molecule has 0 unspecified atom stereocenters. The first-order chi connectivity index (χ1) is 9.11. The molecule has 0 saturated heterocycles. The molecule has 0 bridgehead atoms. The van der Waals surface area contributed by atoms with Crippen LogP contribution in [0.15, 0.2) is 24.9 Å². The van der Waals surface area contributed by atoms with Crippen molar-refractivity contribution in [3.05, 3.63) is 42.9 Å². The second-order valence-electron chi connectivity index (χ2n) is 4.00. The van der Waals surface area contributed by atoms with Crippen LogP contribution in [0.25, 0.3) is 11.1 Å². The van der Waals surface area contributed by atoms with Gasteiger partial charge in [0, 0.05) is 19.3 Å². The van der Waals surface area contributed by atoms with E-state index in [0.29, 0.717) is 31.6 Å². The summed E-state index contributed by atoms with van der Waals surface area (Å²) in [6.45, 7) is 3.05. The van der Waals surface area contributed by atoms with E-state index in [1.165, 1.54) is 6.07 Å². The first kappa shape index (κ1) is 13.3. The molecule has 0 amide bonds. The van der Waals surface area contributed by atoms with E-state index in [4.69, 9.17) is 9.15 Å². The zero-order valence-electron chi connectivity index (χ0n) is 10.4. The Hall–Kier alpha value is -2.15. The summed E-state index contributed by atoms with van der Waals surface area (Å²) in [6, 6.07) is 1.27. The summed E-state index contributed by atoms with van der Waals surface area (Å²) in [5.74, 6) is 0. The Morgan fingerprint density at radius 3 is 2.79 bits per heavy atom. The maximum Gasteiger partial charge on any atom is 0.337 e. The number of fused-ring (bicyclic) bond motifs is 1. The molecule has 2 rings (SSSR count). The van der Waals surface area contributed by atoms with Crippen LogP contribution in [-0.4, -0.2) is 23.2 Å². The zero-order chi connectivity index (χ0) is 13.8. The van der Waals surface area contributed by atoms with Gasteiger partial charge in [0.2, 0.25) is 5.71 Å². The molecule has 0 fully saturated rings. The topological polar surface area (TPSA) is 105 Å². The summed E-state index contributed by atoms with van der Waals surface area (Å²) >= 11 is 0. The quantitative estimate of drug-likeness (QED) is 0.749. The first-order valence-corrected chi connectivity index (χ1v) is 5.99. The van der Waals surface area contributed by atoms with E-state index in [1.807, 2.05) is 6.92 Å². The molecule has 0 atom stereocenters. The summed E-state index contributed by atoms with van der Waals surface area (Å²) < 4.78 is 10.0. The smallest absolute Gasteiger partial charge is 0.337 e. The Labute approximate surface area is 107 Å². The molecule has 7 nitrogen and oxygen atoms in total. The zero-order valence-corrected chi connectivity index (χ0v) is 10.4. The van der Waals surface area contributed by atoms with Gasteiger partial charge in [-0.1, -0.05) is 0 Å². The number of nitrogens with one attached hydrogen (secondary N) is 2. The Kier molecular flexibility index (Phi) is 3.96. The molecule has 102 valence electrons. The molecule has 0 aliphatic carbocycles. The van der Waals surface area contributed by atoms with Gasteiger partial charge in [-0.15, -0.1) is 0 Å². The lowest BCUT2D eigenvalue weighted by molar-refractivity contribution is 0.145. The summed E-state index contributed by atoms with van der Waals surface area (Å²) in [4.78, 5) is 38.7. The van der Waals surface area contributed by atoms with E-state index in [-0.39, 0.29) is 11.1 Å². The Morgan fingerprint density at radius 1 is 1.26 bits per heavy atom. The maximum absolute atomic E-state index is 11.8. The van der Waals surface area contributed by atoms with Gasteiger partial charge in [0.25, 0.3) is 5.56 Å². The first-order valence-electron chi connectivity index (χ1n) is 5.99. The number of aromatic amines is 2. The van der Waals surface area contributed by atoms with Gasteiger partial charge in [-0.25, -0.2) is 9.59 Å². The minimum absolute atomic E-state index is 0.0901. The van der Waals surface area contributed by atoms with Crippen molar-refractivity contribution in [1.82, 2.24) is 9.97 Å². The minimum Gasteiger partial charge on any atom is -0.405 e. The Balaban J connectivity index is 2.45. The van der Waals surface area contributed by atoms with Gasteiger partial charge in [0.1, 0.15) is 5.39 Å². The van der Waals surface area contributed by atoms with Crippen molar-refractivity contribution in [3.63, 3.8) is 0 Å². The molecule has 0 spiro atoms. The maximum atomic E-state index is 11.8. The number of rotatable bonds is 5.